The van der Waals surface area contributed by atoms with Gasteiger partial charge in [0.15, 0.2) is 5.96 Å². The predicted octanol–water partition coefficient (Wildman–Crippen LogP) is 1.97. The molecule has 0 aliphatic heterocycles. The van der Waals surface area contributed by atoms with Crippen molar-refractivity contribution >= 4 is 44.7 Å². The highest BCUT2D eigenvalue weighted by atomic mass is 32.2. The number of sulfonamides is 1. The number of aliphatic imine (C=N–C) groups is 1. The van der Waals surface area contributed by atoms with E-state index in [1.807, 2.05) is 30.3 Å². The van der Waals surface area contributed by atoms with Gasteiger partial charge >= 0.3 is 0 Å². The van der Waals surface area contributed by atoms with Gasteiger partial charge in [-0.15, -0.1) is 0 Å². The molecule has 0 atom stereocenters. The quantitative estimate of drug-likeness (QED) is 0.353. The number of anilines is 1. The number of hydrogen-bond donors (Lipinski definition) is 3. The summed E-state index contributed by atoms with van der Waals surface area (Å²) < 4.78 is 25.4. The van der Waals surface area contributed by atoms with Crippen molar-refractivity contribution in [1.82, 2.24) is 10.3 Å². The van der Waals surface area contributed by atoms with Crippen LogP contribution in [0.25, 0.3) is 22.2 Å². The van der Waals surface area contributed by atoms with Crippen molar-refractivity contribution in [3.63, 3.8) is 0 Å². The molecule has 0 aliphatic rings. The van der Waals surface area contributed by atoms with Gasteiger partial charge in [0, 0.05) is 16.6 Å². The molecule has 1 amide bonds. The first-order valence-electron chi connectivity index (χ1n) is 7.88. The molecular weight excluding hydrogens is 366 g/mol. The topological polar surface area (TPSA) is 127 Å². The van der Waals surface area contributed by atoms with Gasteiger partial charge in [-0.3, -0.25) is 14.8 Å². The zero-order valence-corrected chi connectivity index (χ0v) is 15.2. The predicted molar refractivity (Wildman–Crippen MR) is 106 cm³/mol. The summed E-state index contributed by atoms with van der Waals surface area (Å²) >= 11 is 0. The molecule has 27 heavy (non-hydrogen) atoms. The molecule has 0 aliphatic carbocycles. The highest BCUT2D eigenvalue weighted by Crippen LogP contribution is 2.32. The third-order valence-corrected chi connectivity index (χ3v) is 4.21. The van der Waals surface area contributed by atoms with E-state index in [1.54, 1.807) is 24.3 Å². The van der Waals surface area contributed by atoms with Crippen LogP contribution in [0, 0.1) is 0 Å². The Morgan fingerprint density at radius 3 is 2.56 bits per heavy atom. The summed E-state index contributed by atoms with van der Waals surface area (Å²) in [5.74, 6) is -0.0852. The van der Waals surface area contributed by atoms with Crippen LogP contribution in [0.3, 0.4) is 0 Å². The minimum absolute atomic E-state index is 0.0852. The van der Waals surface area contributed by atoms with Gasteiger partial charge in [-0.05, 0) is 24.3 Å². The molecule has 3 rings (SSSR count). The zero-order chi connectivity index (χ0) is 19.4. The van der Waals surface area contributed by atoms with Crippen LogP contribution in [0.1, 0.15) is 0 Å². The van der Waals surface area contributed by atoms with Crippen molar-refractivity contribution in [3.8, 4) is 11.3 Å². The number of carbonyl (C=O) groups excluding carboxylic acids is 1. The van der Waals surface area contributed by atoms with Crippen molar-refractivity contribution < 1.29 is 13.2 Å². The number of nitrogens with two attached hydrogens (primary N) is 1. The second-order valence-corrected chi connectivity index (χ2v) is 7.51. The Labute approximate surface area is 156 Å². The van der Waals surface area contributed by atoms with Crippen LogP contribution in [0.5, 0.6) is 0 Å². The maximum absolute atomic E-state index is 11.5. The largest absolute Gasteiger partial charge is 0.369 e. The van der Waals surface area contributed by atoms with Gasteiger partial charge in [0.25, 0.3) is 0 Å². The van der Waals surface area contributed by atoms with Gasteiger partial charge in [0.2, 0.25) is 16.4 Å². The molecule has 4 N–H and O–H groups in total. The molecule has 2 aromatic carbocycles. The molecule has 0 saturated carbocycles. The van der Waals surface area contributed by atoms with Gasteiger partial charge in [0.1, 0.15) is 0 Å². The number of carbonyl (C=O) groups is 1. The number of benzene rings is 2. The fourth-order valence-corrected chi connectivity index (χ4v) is 3.11. The second kappa shape index (κ2) is 7.42. The van der Waals surface area contributed by atoms with Crippen LogP contribution in [0.4, 0.5) is 11.4 Å². The number of hydrogen-bond acceptors (Lipinski definition) is 5. The summed E-state index contributed by atoms with van der Waals surface area (Å²) in [6.45, 7) is 0. The van der Waals surface area contributed by atoms with Crippen molar-refractivity contribution in [3.05, 3.63) is 54.6 Å². The van der Waals surface area contributed by atoms with Gasteiger partial charge in [-0.1, -0.05) is 30.3 Å². The van der Waals surface area contributed by atoms with E-state index in [1.165, 1.54) is 0 Å². The Kier molecular flexibility index (Phi) is 5.04. The van der Waals surface area contributed by atoms with Gasteiger partial charge < -0.3 is 5.73 Å². The standard InChI is InChI=1S/C18H17N5O3S/c1-27(25,26)23-13-7-8-15-14(9-13)17(22-18(19)20-11-24)10-16(21-15)12-5-3-2-4-6-12/h2-11,23H,1H3,(H3,19,20,21,22,24). The summed E-state index contributed by atoms with van der Waals surface area (Å²) in [5.41, 5.74) is 8.69. The van der Waals surface area contributed by atoms with Crippen LogP contribution in [0.2, 0.25) is 0 Å². The van der Waals surface area contributed by atoms with Gasteiger partial charge in [-0.2, -0.15) is 0 Å². The molecular formula is C18H17N5O3S. The lowest BCUT2D eigenvalue weighted by Gasteiger charge is -2.10. The fourth-order valence-electron chi connectivity index (χ4n) is 2.56. The SMILES string of the molecule is CS(=O)(=O)Nc1ccc2nc(-c3ccccc3)cc(N=C(N)NC=O)c2c1. The van der Waals surface area contributed by atoms with E-state index in [-0.39, 0.29) is 5.96 Å². The summed E-state index contributed by atoms with van der Waals surface area (Å²) in [6, 6.07) is 16.2. The fraction of sp³-hybridized carbons (Fsp3) is 0.0556. The number of nitrogens with one attached hydrogen (secondary N) is 2. The second-order valence-electron chi connectivity index (χ2n) is 5.76. The third-order valence-electron chi connectivity index (χ3n) is 3.61. The van der Waals surface area contributed by atoms with Gasteiger partial charge in [0.05, 0.1) is 23.2 Å². The highest BCUT2D eigenvalue weighted by Gasteiger charge is 2.10. The van der Waals surface area contributed by atoms with E-state index >= 15 is 0 Å². The van der Waals surface area contributed by atoms with Crippen molar-refractivity contribution in [2.75, 3.05) is 11.0 Å². The maximum Gasteiger partial charge on any atom is 0.229 e. The van der Waals surface area contributed by atoms with Crippen LogP contribution in [-0.2, 0) is 14.8 Å². The molecule has 0 fully saturated rings. The molecule has 0 saturated heterocycles. The molecule has 0 bridgehead atoms. The summed E-state index contributed by atoms with van der Waals surface area (Å²) in [5, 5.41) is 2.87. The van der Waals surface area contributed by atoms with Crippen LogP contribution >= 0.6 is 0 Å². The Morgan fingerprint density at radius 2 is 1.89 bits per heavy atom. The number of fused-ring (bicyclic) bond motifs is 1. The van der Waals surface area contributed by atoms with Crippen LogP contribution in [-0.4, -0.2) is 32.0 Å². The van der Waals surface area contributed by atoms with Crippen molar-refractivity contribution in [2.24, 2.45) is 10.7 Å². The first kappa shape index (κ1) is 18.3. The maximum atomic E-state index is 11.5. The first-order valence-corrected chi connectivity index (χ1v) is 9.77. The summed E-state index contributed by atoms with van der Waals surface area (Å²) in [7, 11) is -3.43. The van der Waals surface area contributed by atoms with E-state index in [2.05, 4.69) is 20.0 Å². The number of aromatic nitrogens is 1. The van der Waals surface area contributed by atoms with Gasteiger partial charge in [-0.25, -0.2) is 18.4 Å². The minimum Gasteiger partial charge on any atom is -0.369 e. The van der Waals surface area contributed by atoms with Crippen LogP contribution < -0.4 is 15.8 Å². The molecule has 8 nitrogen and oxygen atoms in total. The summed E-state index contributed by atoms with van der Waals surface area (Å²) in [4.78, 5) is 19.5. The molecule has 9 heteroatoms. The lowest BCUT2D eigenvalue weighted by atomic mass is 10.1. The molecule has 1 heterocycles. The van der Waals surface area contributed by atoms with E-state index < -0.39 is 10.0 Å². The summed E-state index contributed by atoms with van der Waals surface area (Å²) in [6.07, 6.45) is 1.50. The Bertz CT molecular complexity index is 1130. The number of nitrogens with zero attached hydrogens (tertiary/aromatic N) is 2. The molecule has 138 valence electrons. The number of pyridine rings is 1. The van der Waals surface area contributed by atoms with E-state index in [0.29, 0.717) is 34.4 Å². The normalized spacial score (nSPS) is 12.0. The lowest BCUT2D eigenvalue weighted by Crippen LogP contribution is -2.29. The molecule has 3 aromatic rings. The molecule has 0 spiro atoms. The van der Waals surface area contributed by atoms with Crippen molar-refractivity contribution in [2.45, 2.75) is 0 Å². The molecule has 0 unspecified atom stereocenters. The highest BCUT2D eigenvalue weighted by molar-refractivity contribution is 7.92. The minimum atomic E-state index is -3.43. The first-order chi connectivity index (χ1) is 12.9. The molecule has 1 aromatic heterocycles. The Balaban J connectivity index is 2.21. The zero-order valence-electron chi connectivity index (χ0n) is 14.4. The number of rotatable bonds is 5. The Morgan fingerprint density at radius 1 is 1.15 bits per heavy atom. The molecule has 0 radical (unpaired) electrons. The number of guanidine groups is 1. The Hall–Kier alpha value is -3.46. The lowest BCUT2D eigenvalue weighted by molar-refractivity contribution is -0.108. The average molecular weight is 383 g/mol. The average Bonchev–Trinajstić information content (AvgIpc) is 2.61. The third kappa shape index (κ3) is 4.59. The monoisotopic (exact) mass is 383 g/mol. The van der Waals surface area contributed by atoms with E-state index in [4.69, 9.17) is 5.73 Å². The van der Waals surface area contributed by atoms with E-state index in [9.17, 15) is 13.2 Å². The smallest absolute Gasteiger partial charge is 0.229 e. The van der Waals surface area contributed by atoms with E-state index in [0.717, 1.165) is 11.8 Å². The number of amides is 1. The van der Waals surface area contributed by atoms with Crippen LogP contribution in [0.15, 0.2) is 59.6 Å². The van der Waals surface area contributed by atoms with Crippen molar-refractivity contribution in [1.29, 1.82) is 0 Å².